The third kappa shape index (κ3) is 4.34. The Morgan fingerprint density at radius 1 is 1.19 bits per heavy atom. The Labute approximate surface area is 164 Å². The molecule has 1 aromatic heterocycles. The molecule has 2 aromatic carbocycles. The minimum absolute atomic E-state index is 0.0660. The molecule has 5 nitrogen and oxygen atoms in total. The van der Waals surface area contributed by atoms with Gasteiger partial charge in [0.15, 0.2) is 11.7 Å². The Hall–Kier alpha value is -2.12. The van der Waals surface area contributed by atoms with Crippen molar-refractivity contribution in [2.45, 2.75) is 20.8 Å². The number of halogens is 1. The number of rotatable bonds is 6. The highest BCUT2D eigenvalue weighted by atomic mass is 79.9. The molecule has 0 aliphatic rings. The van der Waals surface area contributed by atoms with E-state index in [1.165, 1.54) is 11.3 Å². The van der Waals surface area contributed by atoms with E-state index in [0.717, 1.165) is 37.3 Å². The highest BCUT2D eigenvalue weighted by molar-refractivity contribution is 9.10. The van der Waals surface area contributed by atoms with Crippen LogP contribution in [0, 0.1) is 13.8 Å². The molecule has 0 unspecified atom stereocenters. The summed E-state index contributed by atoms with van der Waals surface area (Å²) in [6, 6.07) is 9.61. The first-order valence-corrected chi connectivity index (χ1v) is 9.80. The second-order valence-corrected chi connectivity index (χ2v) is 7.73. The average Bonchev–Trinajstić information content (AvgIpc) is 2.95. The molecule has 0 fully saturated rings. The summed E-state index contributed by atoms with van der Waals surface area (Å²) in [5, 5.41) is 3.34. The van der Waals surface area contributed by atoms with Crippen LogP contribution in [0.5, 0.6) is 11.5 Å². The maximum absolute atomic E-state index is 12.2. The Morgan fingerprint density at radius 3 is 2.62 bits per heavy atom. The Bertz CT molecular complexity index is 932. The van der Waals surface area contributed by atoms with Crippen LogP contribution in [0.3, 0.4) is 0 Å². The highest BCUT2D eigenvalue weighted by Gasteiger charge is 2.11. The lowest BCUT2D eigenvalue weighted by atomic mass is 10.1. The van der Waals surface area contributed by atoms with Gasteiger partial charge in [-0.1, -0.05) is 27.3 Å². The van der Waals surface area contributed by atoms with Crippen LogP contribution < -0.4 is 14.8 Å². The number of thiazole rings is 1. The van der Waals surface area contributed by atoms with Crippen LogP contribution in [-0.4, -0.2) is 24.1 Å². The Balaban J connectivity index is 1.66. The number of hydrogen-bond donors (Lipinski definition) is 1. The number of ether oxygens (including phenoxy) is 2. The van der Waals surface area contributed by atoms with Gasteiger partial charge < -0.3 is 9.47 Å². The minimum atomic E-state index is -0.240. The summed E-state index contributed by atoms with van der Waals surface area (Å²) >= 11 is 4.86. The number of carbonyl (C=O) groups excluding carboxylic acids is 1. The number of amides is 1. The SMILES string of the molecule is CCOc1ccc2nc(NC(=O)COc3c(C)cc(Br)cc3C)sc2c1. The van der Waals surface area contributed by atoms with Gasteiger partial charge in [-0.05, 0) is 62.2 Å². The lowest BCUT2D eigenvalue weighted by molar-refractivity contribution is -0.118. The van der Waals surface area contributed by atoms with Gasteiger partial charge in [-0.3, -0.25) is 10.1 Å². The van der Waals surface area contributed by atoms with Gasteiger partial charge in [0.1, 0.15) is 11.5 Å². The lowest BCUT2D eigenvalue weighted by Gasteiger charge is -2.12. The zero-order chi connectivity index (χ0) is 18.7. The van der Waals surface area contributed by atoms with Crippen molar-refractivity contribution in [3.63, 3.8) is 0 Å². The molecule has 7 heteroatoms. The molecule has 0 saturated carbocycles. The summed E-state index contributed by atoms with van der Waals surface area (Å²) in [5.41, 5.74) is 2.79. The molecular formula is C19H19BrN2O3S. The summed E-state index contributed by atoms with van der Waals surface area (Å²) in [7, 11) is 0. The molecule has 0 saturated heterocycles. The zero-order valence-electron chi connectivity index (χ0n) is 14.8. The summed E-state index contributed by atoms with van der Waals surface area (Å²) < 4.78 is 13.2. The molecule has 0 atom stereocenters. The summed E-state index contributed by atoms with van der Waals surface area (Å²) in [5.74, 6) is 1.29. The van der Waals surface area contributed by atoms with Gasteiger partial charge in [-0.25, -0.2) is 4.98 Å². The molecule has 0 aliphatic carbocycles. The van der Waals surface area contributed by atoms with Crippen LogP contribution in [0.1, 0.15) is 18.1 Å². The van der Waals surface area contributed by atoms with Crippen LogP contribution in [-0.2, 0) is 4.79 Å². The summed E-state index contributed by atoms with van der Waals surface area (Å²) in [6.07, 6.45) is 0. The van der Waals surface area contributed by atoms with E-state index in [4.69, 9.17) is 9.47 Å². The molecular weight excluding hydrogens is 416 g/mol. The van der Waals surface area contributed by atoms with Gasteiger partial charge in [0.05, 0.1) is 16.8 Å². The van der Waals surface area contributed by atoms with Crippen LogP contribution in [0.4, 0.5) is 5.13 Å². The number of carbonyl (C=O) groups is 1. The first-order chi connectivity index (χ1) is 12.5. The fourth-order valence-corrected chi connectivity index (χ4v) is 4.23. The third-order valence-electron chi connectivity index (χ3n) is 3.69. The molecule has 26 heavy (non-hydrogen) atoms. The van der Waals surface area contributed by atoms with Crippen LogP contribution in [0.2, 0.25) is 0 Å². The third-order valence-corrected chi connectivity index (χ3v) is 5.08. The highest BCUT2D eigenvalue weighted by Crippen LogP contribution is 2.30. The van der Waals surface area contributed by atoms with Gasteiger partial charge in [0.2, 0.25) is 0 Å². The van der Waals surface area contributed by atoms with E-state index < -0.39 is 0 Å². The first kappa shape index (κ1) is 18.7. The molecule has 0 bridgehead atoms. The quantitative estimate of drug-likeness (QED) is 0.586. The van der Waals surface area contributed by atoms with Crippen LogP contribution in [0.15, 0.2) is 34.8 Å². The number of fused-ring (bicyclic) bond motifs is 1. The number of nitrogens with zero attached hydrogens (tertiary/aromatic N) is 1. The van der Waals surface area contributed by atoms with E-state index in [1.807, 2.05) is 51.1 Å². The normalized spacial score (nSPS) is 10.8. The number of hydrogen-bond acceptors (Lipinski definition) is 5. The summed E-state index contributed by atoms with van der Waals surface area (Å²) in [6.45, 7) is 6.39. The van der Waals surface area contributed by atoms with Crippen molar-refractivity contribution in [3.8, 4) is 11.5 Å². The second-order valence-electron chi connectivity index (χ2n) is 5.79. The van der Waals surface area contributed by atoms with Gasteiger partial charge in [-0.2, -0.15) is 0 Å². The number of benzene rings is 2. The standard InChI is InChI=1S/C19H19BrN2O3S/c1-4-24-14-5-6-15-16(9-14)26-19(21-15)22-17(23)10-25-18-11(2)7-13(20)8-12(18)3/h5-9H,4,10H2,1-3H3,(H,21,22,23). The predicted octanol–water partition coefficient (Wildman–Crippen LogP) is 5.09. The van der Waals surface area contributed by atoms with Crippen LogP contribution in [0.25, 0.3) is 10.2 Å². The number of nitrogens with one attached hydrogen (secondary N) is 1. The lowest BCUT2D eigenvalue weighted by Crippen LogP contribution is -2.20. The van der Waals surface area contributed by atoms with Crippen molar-refractivity contribution in [1.29, 1.82) is 0 Å². The average molecular weight is 435 g/mol. The number of aryl methyl sites for hydroxylation is 2. The van der Waals surface area contributed by atoms with E-state index in [-0.39, 0.29) is 12.5 Å². The molecule has 3 rings (SSSR count). The fourth-order valence-electron chi connectivity index (χ4n) is 2.63. The van der Waals surface area contributed by atoms with Crippen molar-refractivity contribution in [3.05, 3.63) is 45.9 Å². The van der Waals surface area contributed by atoms with E-state index in [0.29, 0.717) is 11.7 Å². The van der Waals surface area contributed by atoms with Gasteiger partial charge in [-0.15, -0.1) is 0 Å². The fraction of sp³-hybridized carbons (Fsp3) is 0.263. The van der Waals surface area contributed by atoms with E-state index in [2.05, 4.69) is 26.2 Å². The van der Waals surface area contributed by atoms with Crippen LogP contribution >= 0.6 is 27.3 Å². The Kier molecular flexibility index (Phi) is 5.78. The second kappa shape index (κ2) is 8.05. The zero-order valence-corrected chi connectivity index (χ0v) is 17.2. The van der Waals surface area contributed by atoms with Crippen molar-refractivity contribution >= 4 is 48.5 Å². The monoisotopic (exact) mass is 434 g/mol. The van der Waals surface area contributed by atoms with Crippen molar-refractivity contribution in [2.24, 2.45) is 0 Å². The maximum atomic E-state index is 12.2. The first-order valence-electron chi connectivity index (χ1n) is 8.19. The molecule has 1 N–H and O–H groups in total. The molecule has 0 radical (unpaired) electrons. The molecule has 3 aromatic rings. The smallest absolute Gasteiger partial charge is 0.264 e. The van der Waals surface area contributed by atoms with E-state index in [9.17, 15) is 4.79 Å². The number of anilines is 1. The minimum Gasteiger partial charge on any atom is -0.494 e. The predicted molar refractivity (Wildman–Crippen MR) is 109 cm³/mol. The maximum Gasteiger partial charge on any atom is 0.264 e. The molecule has 0 spiro atoms. The van der Waals surface area contributed by atoms with Gasteiger partial charge in [0.25, 0.3) is 5.91 Å². The van der Waals surface area contributed by atoms with E-state index >= 15 is 0 Å². The van der Waals surface area contributed by atoms with Crippen molar-refractivity contribution in [1.82, 2.24) is 4.98 Å². The molecule has 136 valence electrons. The van der Waals surface area contributed by atoms with Gasteiger partial charge in [0, 0.05) is 4.47 Å². The number of aromatic nitrogens is 1. The van der Waals surface area contributed by atoms with E-state index in [1.54, 1.807) is 0 Å². The molecule has 1 amide bonds. The Morgan fingerprint density at radius 2 is 1.92 bits per heavy atom. The van der Waals surface area contributed by atoms with Gasteiger partial charge >= 0.3 is 0 Å². The largest absolute Gasteiger partial charge is 0.494 e. The molecule has 1 heterocycles. The van der Waals surface area contributed by atoms with Crippen molar-refractivity contribution < 1.29 is 14.3 Å². The topological polar surface area (TPSA) is 60.5 Å². The van der Waals surface area contributed by atoms with Crippen molar-refractivity contribution in [2.75, 3.05) is 18.5 Å². The molecule has 0 aliphatic heterocycles. The summed E-state index contributed by atoms with van der Waals surface area (Å²) in [4.78, 5) is 16.6.